The highest BCUT2D eigenvalue weighted by atomic mass is 16.4. The number of hydrogen-bond donors (Lipinski definition) is 3. The van der Waals surface area contributed by atoms with Gasteiger partial charge in [0.15, 0.2) is 0 Å². The molecule has 0 radical (unpaired) electrons. The van der Waals surface area contributed by atoms with Crippen LogP contribution in [0.5, 0.6) is 0 Å². The zero-order valence-corrected chi connectivity index (χ0v) is 12.6. The van der Waals surface area contributed by atoms with Crippen molar-refractivity contribution in [3.63, 3.8) is 0 Å². The predicted octanol–water partition coefficient (Wildman–Crippen LogP) is 1.76. The van der Waals surface area contributed by atoms with Gasteiger partial charge in [0.1, 0.15) is 0 Å². The molecule has 0 aliphatic heterocycles. The molecule has 4 N–H and O–H groups in total. The van der Waals surface area contributed by atoms with E-state index in [0.717, 1.165) is 32.1 Å². The van der Waals surface area contributed by atoms with E-state index < -0.39 is 5.97 Å². The third-order valence-corrected chi connectivity index (χ3v) is 3.99. The van der Waals surface area contributed by atoms with E-state index in [1.54, 1.807) is 0 Å². The van der Waals surface area contributed by atoms with Crippen molar-refractivity contribution in [1.82, 2.24) is 5.32 Å². The zero-order valence-electron chi connectivity index (χ0n) is 12.6. The number of hydrogen-bond acceptors (Lipinski definition) is 3. The molecule has 1 saturated carbocycles. The Hall–Kier alpha value is -1.10. The molecule has 3 unspecified atom stereocenters. The normalized spacial score (nSPS) is 24.4. The van der Waals surface area contributed by atoms with Crippen LogP contribution in [-0.4, -0.2) is 29.6 Å². The second-order valence-electron chi connectivity index (χ2n) is 6.39. The monoisotopic (exact) mass is 284 g/mol. The maximum absolute atomic E-state index is 12.1. The van der Waals surface area contributed by atoms with E-state index in [1.165, 1.54) is 0 Å². The van der Waals surface area contributed by atoms with Crippen LogP contribution >= 0.6 is 0 Å². The topological polar surface area (TPSA) is 92.4 Å². The molecule has 1 rings (SSSR count). The third kappa shape index (κ3) is 5.90. The van der Waals surface area contributed by atoms with Crippen LogP contribution in [0.2, 0.25) is 0 Å². The fourth-order valence-corrected chi connectivity index (χ4v) is 3.01. The second kappa shape index (κ2) is 8.25. The molecule has 5 nitrogen and oxygen atoms in total. The van der Waals surface area contributed by atoms with E-state index >= 15 is 0 Å². The molecule has 0 heterocycles. The second-order valence-corrected chi connectivity index (χ2v) is 6.39. The van der Waals surface area contributed by atoms with Gasteiger partial charge < -0.3 is 16.2 Å². The average Bonchev–Trinajstić information content (AvgIpc) is 2.34. The van der Waals surface area contributed by atoms with Gasteiger partial charge in [-0.2, -0.15) is 0 Å². The van der Waals surface area contributed by atoms with Gasteiger partial charge in [-0.05, 0) is 31.1 Å². The number of carboxylic acids is 1. The standard InChI is InChI=1S/C15H28N2O3/c1-10(2)7-11(8-14(18)19)9-17-15(20)12-5-3-4-6-13(12)16/h10-13H,3-9,16H2,1-2H3,(H,17,20)(H,18,19). The Morgan fingerprint density at radius 3 is 2.50 bits per heavy atom. The van der Waals surface area contributed by atoms with Gasteiger partial charge in [-0.15, -0.1) is 0 Å². The molecule has 1 fully saturated rings. The summed E-state index contributed by atoms with van der Waals surface area (Å²) < 4.78 is 0. The minimum absolute atomic E-state index is 0.00338. The lowest BCUT2D eigenvalue weighted by atomic mass is 9.84. The van der Waals surface area contributed by atoms with Crippen LogP contribution < -0.4 is 11.1 Å². The summed E-state index contributed by atoms with van der Waals surface area (Å²) in [6.07, 6.45) is 4.82. The first kappa shape index (κ1) is 17.0. The lowest BCUT2D eigenvalue weighted by molar-refractivity contribution is -0.138. The van der Waals surface area contributed by atoms with Gasteiger partial charge in [0, 0.05) is 19.0 Å². The fraction of sp³-hybridized carbons (Fsp3) is 0.867. The lowest BCUT2D eigenvalue weighted by Gasteiger charge is -2.28. The Morgan fingerprint density at radius 2 is 1.95 bits per heavy atom. The fourth-order valence-electron chi connectivity index (χ4n) is 3.01. The molecular formula is C15H28N2O3. The zero-order chi connectivity index (χ0) is 15.1. The van der Waals surface area contributed by atoms with Gasteiger partial charge in [-0.1, -0.05) is 26.7 Å². The van der Waals surface area contributed by atoms with Crippen LogP contribution in [0.4, 0.5) is 0 Å². The van der Waals surface area contributed by atoms with Gasteiger partial charge in [-0.25, -0.2) is 0 Å². The number of carbonyl (C=O) groups excluding carboxylic acids is 1. The van der Waals surface area contributed by atoms with Gasteiger partial charge in [-0.3, -0.25) is 9.59 Å². The summed E-state index contributed by atoms with van der Waals surface area (Å²) in [6, 6.07) is -0.0493. The first-order valence-corrected chi connectivity index (χ1v) is 7.65. The Morgan fingerprint density at radius 1 is 1.30 bits per heavy atom. The molecule has 0 aromatic carbocycles. The Kier molecular flexibility index (Phi) is 6.99. The number of nitrogens with two attached hydrogens (primary N) is 1. The molecule has 1 amide bonds. The van der Waals surface area contributed by atoms with Crippen LogP contribution in [0.15, 0.2) is 0 Å². The molecule has 116 valence electrons. The molecule has 20 heavy (non-hydrogen) atoms. The number of amides is 1. The van der Waals surface area contributed by atoms with Gasteiger partial charge >= 0.3 is 5.97 Å². The molecule has 0 spiro atoms. The maximum Gasteiger partial charge on any atom is 0.303 e. The molecule has 0 bridgehead atoms. The molecule has 0 aromatic rings. The number of aliphatic carboxylic acids is 1. The molecule has 3 atom stereocenters. The van der Waals surface area contributed by atoms with Crippen molar-refractivity contribution < 1.29 is 14.7 Å². The maximum atomic E-state index is 12.1. The highest BCUT2D eigenvalue weighted by Crippen LogP contribution is 2.23. The van der Waals surface area contributed by atoms with Crippen molar-refractivity contribution in [2.24, 2.45) is 23.5 Å². The summed E-state index contributed by atoms with van der Waals surface area (Å²) in [7, 11) is 0. The SMILES string of the molecule is CC(C)CC(CNC(=O)C1CCCCC1N)CC(=O)O. The largest absolute Gasteiger partial charge is 0.481 e. The third-order valence-electron chi connectivity index (χ3n) is 3.99. The first-order valence-electron chi connectivity index (χ1n) is 7.65. The predicted molar refractivity (Wildman–Crippen MR) is 78.1 cm³/mol. The van der Waals surface area contributed by atoms with E-state index in [0.29, 0.717) is 12.5 Å². The smallest absolute Gasteiger partial charge is 0.303 e. The lowest BCUT2D eigenvalue weighted by Crippen LogP contribution is -2.45. The van der Waals surface area contributed by atoms with E-state index in [1.807, 2.05) is 0 Å². The van der Waals surface area contributed by atoms with Gasteiger partial charge in [0.2, 0.25) is 5.91 Å². The van der Waals surface area contributed by atoms with E-state index in [9.17, 15) is 9.59 Å². The molecule has 1 aliphatic carbocycles. The number of carboxylic acid groups (broad SMARTS) is 1. The van der Waals surface area contributed by atoms with Crippen molar-refractivity contribution in [3.05, 3.63) is 0 Å². The van der Waals surface area contributed by atoms with Crippen molar-refractivity contribution in [2.45, 2.75) is 58.4 Å². The summed E-state index contributed by atoms with van der Waals surface area (Å²) in [5, 5.41) is 11.8. The summed E-state index contributed by atoms with van der Waals surface area (Å²) >= 11 is 0. The van der Waals surface area contributed by atoms with Crippen molar-refractivity contribution >= 4 is 11.9 Å². The van der Waals surface area contributed by atoms with Crippen LogP contribution in [0.25, 0.3) is 0 Å². The van der Waals surface area contributed by atoms with Gasteiger partial charge in [0.25, 0.3) is 0 Å². The Labute approximate surface area is 121 Å². The van der Waals surface area contributed by atoms with Gasteiger partial charge in [0.05, 0.1) is 5.92 Å². The highest BCUT2D eigenvalue weighted by Gasteiger charge is 2.28. The summed E-state index contributed by atoms with van der Waals surface area (Å²) in [5.74, 6) is -0.492. The van der Waals surface area contributed by atoms with Crippen LogP contribution in [-0.2, 0) is 9.59 Å². The average molecular weight is 284 g/mol. The van der Waals surface area contributed by atoms with Crippen LogP contribution in [0, 0.1) is 17.8 Å². The molecule has 0 aromatic heterocycles. The van der Waals surface area contributed by atoms with Crippen molar-refractivity contribution in [2.75, 3.05) is 6.54 Å². The number of carbonyl (C=O) groups is 2. The molecule has 0 saturated heterocycles. The molecule has 1 aliphatic rings. The van der Waals surface area contributed by atoms with Crippen molar-refractivity contribution in [1.29, 1.82) is 0 Å². The molecule has 5 heteroatoms. The summed E-state index contributed by atoms with van der Waals surface area (Å²) in [4.78, 5) is 23.0. The van der Waals surface area contributed by atoms with Crippen LogP contribution in [0.3, 0.4) is 0 Å². The van der Waals surface area contributed by atoms with E-state index in [4.69, 9.17) is 10.8 Å². The number of nitrogens with one attached hydrogen (secondary N) is 1. The van der Waals surface area contributed by atoms with Crippen molar-refractivity contribution in [3.8, 4) is 0 Å². The minimum atomic E-state index is -0.806. The summed E-state index contributed by atoms with van der Waals surface area (Å²) in [6.45, 7) is 4.56. The van der Waals surface area contributed by atoms with Crippen LogP contribution in [0.1, 0.15) is 52.4 Å². The Bertz CT molecular complexity index is 331. The minimum Gasteiger partial charge on any atom is -0.481 e. The van der Waals surface area contributed by atoms with E-state index in [2.05, 4.69) is 19.2 Å². The first-order chi connectivity index (χ1) is 9.40. The number of rotatable bonds is 7. The highest BCUT2D eigenvalue weighted by molar-refractivity contribution is 5.79. The quantitative estimate of drug-likeness (QED) is 0.664. The Balaban J connectivity index is 2.44. The summed E-state index contributed by atoms with van der Waals surface area (Å²) in [5.41, 5.74) is 5.99. The van der Waals surface area contributed by atoms with E-state index in [-0.39, 0.29) is 30.2 Å². The molecular weight excluding hydrogens is 256 g/mol.